The maximum atomic E-state index is 10.6. The van der Waals surface area contributed by atoms with Gasteiger partial charge in [-0.2, -0.15) is 0 Å². The molecule has 0 aliphatic rings. The highest BCUT2D eigenvalue weighted by Crippen LogP contribution is 2.04. The zero-order chi connectivity index (χ0) is 10.3. The van der Waals surface area contributed by atoms with Crippen molar-refractivity contribution in [2.24, 2.45) is 16.6 Å². The van der Waals surface area contributed by atoms with Crippen molar-refractivity contribution in [3.63, 3.8) is 0 Å². The summed E-state index contributed by atoms with van der Waals surface area (Å²) in [5, 5.41) is 8.71. The number of aliphatic imine (C=N–C) groups is 1. The largest absolute Gasteiger partial charge is 0.480 e. The van der Waals surface area contributed by atoms with Crippen LogP contribution in [0.25, 0.3) is 0 Å². The molecule has 0 aromatic heterocycles. The van der Waals surface area contributed by atoms with Gasteiger partial charge in [0.25, 0.3) is 0 Å². The Labute approximate surface area is 77.0 Å². The van der Waals surface area contributed by atoms with Gasteiger partial charge < -0.3 is 10.8 Å². The first-order valence-electron chi connectivity index (χ1n) is 4.14. The normalized spacial score (nSPS) is 13.8. The molecule has 0 rings (SSSR count). The summed E-state index contributed by atoms with van der Waals surface area (Å²) in [6, 6.07) is -0.795. The molecule has 13 heavy (non-hydrogen) atoms. The van der Waals surface area contributed by atoms with Crippen LogP contribution in [0.5, 0.6) is 0 Å². The molecule has 0 aliphatic heterocycles. The number of nitrogens with zero attached hydrogens (tertiary/aromatic N) is 1. The first kappa shape index (κ1) is 11.7. The summed E-state index contributed by atoms with van der Waals surface area (Å²) in [6.45, 7) is 1.98. The number of hydrogen-bond acceptors (Lipinski definition) is 3. The molecule has 0 saturated carbocycles. The quantitative estimate of drug-likeness (QED) is 0.199. The van der Waals surface area contributed by atoms with E-state index in [4.69, 9.17) is 16.7 Å². The zero-order valence-corrected chi connectivity index (χ0v) is 7.66. The number of carboxylic acid groups (broad SMARTS) is 1. The Kier molecular flexibility index (Phi) is 5.62. The number of nitrogens with one attached hydrogen (secondary N) is 1. The van der Waals surface area contributed by atoms with Gasteiger partial charge in [-0.1, -0.05) is 19.8 Å². The number of aliphatic carboxylic acids is 1. The first-order chi connectivity index (χ1) is 6.11. The molecule has 0 aromatic carbocycles. The highest BCUT2D eigenvalue weighted by molar-refractivity contribution is 5.82. The molecular weight excluding hydrogens is 172 g/mol. The fourth-order valence-electron chi connectivity index (χ4n) is 0.846. The van der Waals surface area contributed by atoms with Crippen LogP contribution in [0.1, 0.15) is 26.2 Å². The van der Waals surface area contributed by atoms with Crippen molar-refractivity contribution < 1.29 is 9.90 Å². The van der Waals surface area contributed by atoms with Crippen LogP contribution < -0.4 is 17.0 Å². The van der Waals surface area contributed by atoms with E-state index < -0.39 is 12.0 Å². The Morgan fingerprint density at radius 3 is 2.69 bits per heavy atom. The fraction of sp³-hybridized carbons (Fsp3) is 0.714. The van der Waals surface area contributed by atoms with Gasteiger partial charge in [-0.05, 0) is 6.42 Å². The second-order valence-electron chi connectivity index (χ2n) is 2.65. The van der Waals surface area contributed by atoms with Crippen LogP contribution in [0, 0.1) is 0 Å². The predicted octanol–water partition coefficient (Wildman–Crippen LogP) is -0.592. The Balaban J connectivity index is 4.17. The number of nitrogens with two attached hydrogens (primary N) is 2. The van der Waals surface area contributed by atoms with Crippen LogP contribution in [-0.2, 0) is 4.79 Å². The lowest BCUT2D eigenvalue weighted by Gasteiger charge is -2.07. The highest BCUT2D eigenvalue weighted by atomic mass is 16.4. The number of guanidine groups is 1. The summed E-state index contributed by atoms with van der Waals surface area (Å²) in [6.07, 6.45) is 2.21. The van der Waals surface area contributed by atoms with Crippen molar-refractivity contribution in [2.75, 3.05) is 0 Å². The average molecular weight is 188 g/mol. The standard InChI is InChI=1S/C7H16N4O2/c1-2-3-4-5(6(12)13)10-7(8)11-9/h5H,2-4,9H2,1H3,(H,12,13)(H3,8,10,11)/t5-/m0/s1. The van der Waals surface area contributed by atoms with Crippen molar-refractivity contribution in [1.82, 2.24) is 5.43 Å². The van der Waals surface area contributed by atoms with E-state index in [1.54, 1.807) is 0 Å². The van der Waals surface area contributed by atoms with Gasteiger partial charge in [-0.15, -0.1) is 0 Å². The van der Waals surface area contributed by atoms with E-state index in [0.29, 0.717) is 6.42 Å². The van der Waals surface area contributed by atoms with Crippen LogP contribution in [-0.4, -0.2) is 23.1 Å². The molecule has 6 N–H and O–H groups in total. The molecule has 0 radical (unpaired) electrons. The van der Waals surface area contributed by atoms with Crippen LogP contribution in [0.3, 0.4) is 0 Å². The lowest BCUT2D eigenvalue weighted by Crippen LogP contribution is -2.39. The molecule has 76 valence electrons. The minimum Gasteiger partial charge on any atom is -0.480 e. The number of unbranched alkanes of at least 4 members (excludes halogenated alkanes) is 1. The minimum absolute atomic E-state index is 0.0523. The van der Waals surface area contributed by atoms with Crippen molar-refractivity contribution in [3.05, 3.63) is 0 Å². The number of carboxylic acids is 1. The number of rotatable bonds is 5. The number of hydrazine groups is 1. The summed E-state index contributed by atoms with van der Waals surface area (Å²) in [4.78, 5) is 14.3. The molecule has 1 atom stereocenters. The maximum Gasteiger partial charge on any atom is 0.328 e. The lowest BCUT2D eigenvalue weighted by atomic mass is 10.1. The van der Waals surface area contributed by atoms with Gasteiger partial charge in [0.05, 0.1) is 0 Å². The van der Waals surface area contributed by atoms with Crippen molar-refractivity contribution in [2.45, 2.75) is 32.2 Å². The summed E-state index contributed by atoms with van der Waals surface area (Å²) in [5.74, 6) is 3.92. The second kappa shape index (κ2) is 6.24. The summed E-state index contributed by atoms with van der Waals surface area (Å²) < 4.78 is 0. The second-order valence-corrected chi connectivity index (χ2v) is 2.65. The van der Waals surface area contributed by atoms with Gasteiger partial charge in [-0.3, -0.25) is 5.43 Å². The SMILES string of the molecule is CCCC[C@H](N=C(N)NN)C(=O)O. The average Bonchev–Trinajstić information content (AvgIpc) is 2.11. The van der Waals surface area contributed by atoms with E-state index >= 15 is 0 Å². The monoisotopic (exact) mass is 188 g/mol. The third-order valence-electron chi connectivity index (χ3n) is 1.56. The number of carbonyl (C=O) groups is 1. The van der Waals surface area contributed by atoms with Gasteiger partial charge in [-0.25, -0.2) is 15.6 Å². The first-order valence-corrected chi connectivity index (χ1v) is 4.14. The van der Waals surface area contributed by atoms with Gasteiger partial charge in [0, 0.05) is 0 Å². The molecule has 0 unspecified atom stereocenters. The minimum atomic E-state index is -0.980. The van der Waals surface area contributed by atoms with Gasteiger partial charge in [0.2, 0.25) is 5.96 Å². The predicted molar refractivity (Wildman–Crippen MR) is 49.9 cm³/mol. The van der Waals surface area contributed by atoms with E-state index in [-0.39, 0.29) is 5.96 Å². The number of hydrogen-bond donors (Lipinski definition) is 4. The Morgan fingerprint density at radius 1 is 1.69 bits per heavy atom. The summed E-state index contributed by atoms with van der Waals surface area (Å²) in [5.41, 5.74) is 7.33. The smallest absolute Gasteiger partial charge is 0.328 e. The summed E-state index contributed by atoms with van der Waals surface area (Å²) in [7, 11) is 0. The summed E-state index contributed by atoms with van der Waals surface area (Å²) >= 11 is 0. The van der Waals surface area contributed by atoms with E-state index in [1.807, 2.05) is 6.92 Å². The van der Waals surface area contributed by atoms with Gasteiger partial charge in [0.1, 0.15) is 0 Å². The molecular formula is C7H16N4O2. The lowest BCUT2D eigenvalue weighted by molar-refractivity contribution is -0.138. The van der Waals surface area contributed by atoms with Gasteiger partial charge >= 0.3 is 5.97 Å². The Bertz CT molecular complexity index is 193. The Hall–Kier alpha value is -1.30. The fourth-order valence-corrected chi connectivity index (χ4v) is 0.846. The zero-order valence-electron chi connectivity index (χ0n) is 7.66. The molecule has 0 amide bonds. The third kappa shape index (κ3) is 5.02. The molecule has 0 fully saturated rings. The van der Waals surface area contributed by atoms with Crippen LogP contribution in [0.15, 0.2) is 4.99 Å². The van der Waals surface area contributed by atoms with E-state index in [9.17, 15) is 4.79 Å². The maximum absolute atomic E-state index is 10.6. The van der Waals surface area contributed by atoms with Crippen LogP contribution in [0.4, 0.5) is 0 Å². The molecule has 0 aromatic rings. The van der Waals surface area contributed by atoms with E-state index in [0.717, 1.165) is 12.8 Å². The molecule has 0 saturated heterocycles. The topological polar surface area (TPSA) is 114 Å². The molecule has 0 bridgehead atoms. The molecule has 0 heterocycles. The molecule has 0 aliphatic carbocycles. The third-order valence-corrected chi connectivity index (χ3v) is 1.56. The van der Waals surface area contributed by atoms with Crippen molar-refractivity contribution in [3.8, 4) is 0 Å². The highest BCUT2D eigenvalue weighted by Gasteiger charge is 2.15. The van der Waals surface area contributed by atoms with E-state index in [1.165, 1.54) is 0 Å². The van der Waals surface area contributed by atoms with Crippen LogP contribution in [0.2, 0.25) is 0 Å². The van der Waals surface area contributed by atoms with Gasteiger partial charge in [0.15, 0.2) is 6.04 Å². The van der Waals surface area contributed by atoms with E-state index in [2.05, 4.69) is 10.4 Å². The molecule has 0 spiro atoms. The molecule has 6 nitrogen and oxygen atoms in total. The molecule has 6 heteroatoms. The van der Waals surface area contributed by atoms with Crippen molar-refractivity contribution in [1.29, 1.82) is 0 Å². The van der Waals surface area contributed by atoms with Crippen LogP contribution >= 0.6 is 0 Å². The van der Waals surface area contributed by atoms with Crippen molar-refractivity contribution >= 4 is 11.9 Å². The Morgan fingerprint density at radius 2 is 2.31 bits per heavy atom.